The molecule has 0 rings (SSSR count). The average Bonchev–Trinajstić information content (AvgIpc) is 2.68. The van der Waals surface area contributed by atoms with E-state index in [-0.39, 0.29) is 0 Å². The van der Waals surface area contributed by atoms with E-state index >= 15 is 0 Å². The number of hydrogen-bond donors (Lipinski definition) is 0. The molecule has 27 heavy (non-hydrogen) atoms. The summed E-state index contributed by atoms with van der Waals surface area (Å²) in [7, 11) is 0. The Hall–Kier alpha value is -0.200. The molecule has 0 aromatic carbocycles. The summed E-state index contributed by atoms with van der Waals surface area (Å²) in [5, 5.41) is 4.52. The maximum atomic E-state index is 5.62. The van der Waals surface area contributed by atoms with Crippen molar-refractivity contribution in [1.29, 1.82) is 0 Å². The van der Waals surface area contributed by atoms with Gasteiger partial charge in [-0.05, 0) is 51.4 Å². The van der Waals surface area contributed by atoms with Gasteiger partial charge in [0, 0.05) is 65.9 Å². The van der Waals surface area contributed by atoms with Gasteiger partial charge < -0.3 is 18.9 Å². The quantitative estimate of drug-likeness (QED) is 0.227. The lowest BCUT2D eigenvalue weighted by Gasteiger charge is -2.06. The van der Waals surface area contributed by atoms with Crippen LogP contribution in [0.25, 0.3) is 0 Å². The monoisotopic (exact) mass is 388 g/mol. The number of ether oxygens (including phenoxy) is 4. The van der Waals surface area contributed by atoms with E-state index in [1.165, 1.54) is 25.7 Å². The molecule has 5 nitrogen and oxygen atoms in total. The van der Waals surface area contributed by atoms with Gasteiger partial charge in [-0.1, -0.05) is 26.7 Å². The van der Waals surface area contributed by atoms with Gasteiger partial charge in [-0.3, -0.25) is 0 Å². The summed E-state index contributed by atoms with van der Waals surface area (Å²) in [5.74, 6) is 0. The van der Waals surface area contributed by atoms with Crippen LogP contribution < -0.4 is 5.32 Å². The zero-order valence-corrected chi connectivity index (χ0v) is 18.2. The Bertz CT molecular complexity index is 230. The molecular formula is C22H46NO4. The first kappa shape index (κ1) is 26.8. The van der Waals surface area contributed by atoms with Crippen molar-refractivity contribution in [1.82, 2.24) is 5.32 Å². The Morgan fingerprint density at radius 2 is 0.704 bits per heavy atom. The first-order valence-corrected chi connectivity index (χ1v) is 11.4. The molecule has 0 unspecified atom stereocenters. The Balaban J connectivity index is 2.95. The molecule has 0 spiro atoms. The molecule has 0 heterocycles. The summed E-state index contributed by atoms with van der Waals surface area (Å²) < 4.78 is 22.3. The Morgan fingerprint density at radius 1 is 0.407 bits per heavy atom. The highest BCUT2D eigenvalue weighted by atomic mass is 16.5. The second-order valence-electron chi connectivity index (χ2n) is 6.95. The third-order valence-electron chi connectivity index (χ3n) is 4.15. The van der Waals surface area contributed by atoms with Crippen LogP contribution in [0.5, 0.6) is 0 Å². The van der Waals surface area contributed by atoms with Crippen LogP contribution in [0.1, 0.15) is 78.1 Å². The van der Waals surface area contributed by atoms with Crippen LogP contribution in [-0.2, 0) is 18.9 Å². The van der Waals surface area contributed by atoms with E-state index in [0.29, 0.717) is 0 Å². The van der Waals surface area contributed by atoms with E-state index in [0.717, 1.165) is 104 Å². The molecule has 163 valence electrons. The Kier molecular flexibility index (Phi) is 25.6. The van der Waals surface area contributed by atoms with E-state index in [2.05, 4.69) is 19.2 Å². The molecule has 0 saturated carbocycles. The highest BCUT2D eigenvalue weighted by Crippen LogP contribution is 1.96. The maximum Gasteiger partial charge on any atom is 0.0478 e. The van der Waals surface area contributed by atoms with E-state index in [4.69, 9.17) is 18.9 Å². The van der Waals surface area contributed by atoms with Gasteiger partial charge in [0.05, 0.1) is 0 Å². The average molecular weight is 389 g/mol. The molecule has 0 aliphatic rings. The zero-order chi connectivity index (χ0) is 19.7. The second-order valence-corrected chi connectivity index (χ2v) is 6.95. The standard InChI is InChI=1S/C22H46NO4/c1-3-5-15-24-17-7-9-19-26-21-11-13-23-14-12-22-27-20-10-8-18-25-16-6-4-2/h3-22H2,1-2H3. The van der Waals surface area contributed by atoms with Crippen LogP contribution in [-0.4, -0.2) is 65.9 Å². The Morgan fingerprint density at radius 3 is 1.04 bits per heavy atom. The molecule has 0 aliphatic heterocycles. The van der Waals surface area contributed by atoms with Crippen molar-refractivity contribution >= 4 is 0 Å². The lowest BCUT2D eigenvalue weighted by atomic mass is 10.3. The summed E-state index contributed by atoms with van der Waals surface area (Å²) in [5.41, 5.74) is 0. The summed E-state index contributed by atoms with van der Waals surface area (Å²) in [6.45, 7) is 13.0. The molecule has 1 radical (unpaired) electrons. The third-order valence-corrected chi connectivity index (χ3v) is 4.15. The van der Waals surface area contributed by atoms with Crippen molar-refractivity contribution in [2.75, 3.05) is 65.9 Å². The van der Waals surface area contributed by atoms with Crippen molar-refractivity contribution in [3.63, 3.8) is 0 Å². The topological polar surface area (TPSA) is 51.0 Å². The van der Waals surface area contributed by atoms with Crippen LogP contribution in [0, 0.1) is 0 Å². The minimum absolute atomic E-state index is 0.816. The summed E-state index contributed by atoms with van der Waals surface area (Å²) in [4.78, 5) is 0. The fourth-order valence-corrected chi connectivity index (χ4v) is 2.39. The van der Waals surface area contributed by atoms with Crippen LogP contribution in [0.15, 0.2) is 0 Å². The van der Waals surface area contributed by atoms with Gasteiger partial charge in [0.2, 0.25) is 0 Å². The molecule has 0 saturated heterocycles. The fraction of sp³-hybridized carbons (Fsp3) is 1.00. The second kappa shape index (κ2) is 25.8. The number of rotatable bonds is 24. The SMILES string of the molecule is CCCCOCCCCOCCC[N]CCCOCCCCOCCCC. The number of hydrogen-bond acceptors (Lipinski definition) is 4. The first-order valence-electron chi connectivity index (χ1n) is 11.4. The van der Waals surface area contributed by atoms with Crippen LogP contribution in [0.2, 0.25) is 0 Å². The summed E-state index contributed by atoms with van der Waals surface area (Å²) in [6, 6.07) is 0. The summed E-state index contributed by atoms with van der Waals surface area (Å²) in [6.07, 6.45) is 11.2. The van der Waals surface area contributed by atoms with Crippen molar-refractivity contribution < 1.29 is 18.9 Å². The zero-order valence-electron chi connectivity index (χ0n) is 18.2. The minimum atomic E-state index is 0.816. The summed E-state index contributed by atoms with van der Waals surface area (Å²) >= 11 is 0. The van der Waals surface area contributed by atoms with Crippen LogP contribution in [0.3, 0.4) is 0 Å². The van der Waals surface area contributed by atoms with Crippen molar-refractivity contribution in [3.05, 3.63) is 0 Å². The fourth-order valence-electron chi connectivity index (χ4n) is 2.39. The van der Waals surface area contributed by atoms with Crippen molar-refractivity contribution in [2.24, 2.45) is 0 Å². The van der Waals surface area contributed by atoms with E-state index in [9.17, 15) is 0 Å². The lowest BCUT2D eigenvalue weighted by Crippen LogP contribution is -2.13. The first-order chi connectivity index (χ1) is 13.4. The van der Waals surface area contributed by atoms with E-state index < -0.39 is 0 Å². The molecule has 0 N–H and O–H groups in total. The van der Waals surface area contributed by atoms with E-state index in [1.807, 2.05) is 0 Å². The molecule has 0 aromatic rings. The maximum absolute atomic E-state index is 5.62. The predicted molar refractivity (Wildman–Crippen MR) is 113 cm³/mol. The third kappa shape index (κ3) is 25.8. The Labute approximate surface area is 168 Å². The minimum Gasteiger partial charge on any atom is -0.381 e. The van der Waals surface area contributed by atoms with Gasteiger partial charge in [0.15, 0.2) is 0 Å². The highest BCUT2D eigenvalue weighted by Gasteiger charge is 1.95. The highest BCUT2D eigenvalue weighted by molar-refractivity contribution is 4.48. The number of nitrogens with zero attached hydrogens (tertiary/aromatic N) is 1. The van der Waals surface area contributed by atoms with Crippen LogP contribution in [0.4, 0.5) is 0 Å². The molecule has 0 fully saturated rings. The molecule has 0 atom stereocenters. The number of unbranched alkanes of at least 4 members (excludes halogenated alkanes) is 4. The molecule has 5 heteroatoms. The lowest BCUT2D eigenvalue weighted by molar-refractivity contribution is 0.0984. The predicted octanol–water partition coefficient (Wildman–Crippen LogP) is 4.60. The van der Waals surface area contributed by atoms with Crippen molar-refractivity contribution in [2.45, 2.75) is 78.1 Å². The molecule has 0 aromatic heterocycles. The van der Waals surface area contributed by atoms with Gasteiger partial charge in [-0.25, -0.2) is 5.32 Å². The van der Waals surface area contributed by atoms with Gasteiger partial charge in [-0.2, -0.15) is 0 Å². The molecule has 0 aliphatic carbocycles. The van der Waals surface area contributed by atoms with Gasteiger partial charge in [0.25, 0.3) is 0 Å². The van der Waals surface area contributed by atoms with Gasteiger partial charge in [0.1, 0.15) is 0 Å². The smallest absolute Gasteiger partial charge is 0.0478 e. The van der Waals surface area contributed by atoms with Crippen molar-refractivity contribution in [3.8, 4) is 0 Å². The van der Waals surface area contributed by atoms with Gasteiger partial charge in [-0.15, -0.1) is 0 Å². The van der Waals surface area contributed by atoms with E-state index in [1.54, 1.807) is 0 Å². The molecular weight excluding hydrogens is 342 g/mol. The normalized spacial score (nSPS) is 11.3. The largest absolute Gasteiger partial charge is 0.381 e. The van der Waals surface area contributed by atoms with Gasteiger partial charge >= 0.3 is 0 Å². The molecule has 0 amide bonds. The van der Waals surface area contributed by atoms with Crippen LogP contribution >= 0.6 is 0 Å². The molecule has 0 bridgehead atoms.